The first-order valence-corrected chi connectivity index (χ1v) is 7.63. The molecule has 1 heterocycles. The summed E-state index contributed by atoms with van der Waals surface area (Å²) >= 11 is 5.65. The third kappa shape index (κ3) is 5.89. The lowest BCUT2D eigenvalue weighted by atomic mass is 10.1. The Morgan fingerprint density at radius 3 is 2.76 bits per heavy atom. The van der Waals surface area contributed by atoms with E-state index in [2.05, 4.69) is 15.5 Å². The van der Waals surface area contributed by atoms with Gasteiger partial charge in [0.05, 0.1) is 5.02 Å². The van der Waals surface area contributed by atoms with E-state index in [1.54, 1.807) is 0 Å². The minimum Gasteiger partial charge on any atom is -0.334 e. The molecule has 1 aromatic rings. The van der Waals surface area contributed by atoms with Gasteiger partial charge in [0.1, 0.15) is 5.82 Å². The first-order chi connectivity index (χ1) is 10.0. The second-order valence-electron chi connectivity index (χ2n) is 4.83. The number of likely N-dealkylation sites (tertiary alicyclic amines) is 1. The van der Waals surface area contributed by atoms with E-state index in [4.69, 9.17) is 11.6 Å². The predicted molar refractivity (Wildman–Crippen MR) is 85.4 cm³/mol. The maximum atomic E-state index is 13.0. The second-order valence-corrected chi connectivity index (χ2v) is 5.24. The summed E-state index contributed by atoms with van der Waals surface area (Å²) in [6.07, 6.45) is 2.05. The minimum atomic E-state index is -0.499. The number of carbonyl (C=O) groups is 1. The van der Waals surface area contributed by atoms with Crippen LogP contribution in [0.5, 0.6) is 0 Å². The van der Waals surface area contributed by atoms with Crippen LogP contribution in [0.15, 0.2) is 18.2 Å². The molecule has 0 saturated carbocycles. The monoisotopic (exact) mass is 315 g/mol. The fraction of sp³-hybridized carbons (Fsp3) is 0.533. The molecule has 118 valence electrons. The number of nitrogens with zero attached hydrogens (tertiary/aromatic N) is 1. The van der Waals surface area contributed by atoms with Crippen molar-refractivity contribution < 1.29 is 9.18 Å². The smallest absolute Gasteiger partial charge is 0.319 e. The van der Waals surface area contributed by atoms with E-state index in [9.17, 15) is 9.18 Å². The number of likely N-dealkylation sites (N-methyl/N-ethyl adjacent to an activating group) is 1. The molecule has 2 N–H and O–H groups in total. The van der Waals surface area contributed by atoms with Crippen LogP contribution in [-0.2, 0) is 0 Å². The van der Waals surface area contributed by atoms with E-state index < -0.39 is 5.82 Å². The van der Waals surface area contributed by atoms with Gasteiger partial charge in [-0.05, 0) is 44.6 Å². The van der Waals surface area contributed by atoms with E-state index in [0.717, 1.165) is 25.9 Å². The number of amides is 2. The predicted octanol–water partition coefficient (Wildman–Crippen LogP) is 3.72. The number of hydrogen-bond donors (Lipinski definition) is 2. The fourth-order valence-corrected chi connectivity index (χ4v) is 2.39. The molecular weight excluding hydrogens is 293 g/mol. The number of halogens is 2. The third-order valence-electron chi connectivity index (χ3n) is 3.14. The lowest BCUT2D eigenvalue weighted by molar-refractivity contribution is 0.216. The normalized spacial score (nSPS) is 18.4. The third-order valence-corrected chi connectivity index (χ3v) is 3.43. The van der Waals surface area contributed by atoms with Crippen LogP contribution in [-0.4, -0.2) is 37.1 Å². The molecular formula is C15H23ClFN3O. The summed E-state index contributed by atoms with van der Waals surface area (Å²) in [5.74, 6) is -0.499. The number of rotatable bonds is 2. The quantitative estimate of drug-likeness (QED) is 0.873. The van der Waals surface area contributed by atoms with Gasteiger partial charge >= 0.3 is 6.03 Å². The number of benzene rings is 1. The molecule has 1 aliphatic heterocycles. The first kappa shape index (κ1) is 17.7. The van der Waals surface area contributed by atoms with Gasteiger partial charge in [-0.15, -0.1) is 0 Å². The SMILES string of the molecule is CC.CN1CCC[C@@H](NC(=O)Nc2ccc(F)c(Cl)c2)C1. The highest BCUT2D eigenvalue weighted by atomic mass is 35.5. The topological polar surface area (TPSA) is 44.4 Å². The van der Waals surface area contributed by atoms with E-state index in [1.807, 2.05) is 20.9 Å². The van der Waals surface area contributed by atoms with Gasteiger partial charge in [0.25, 0.3) is 0 Å². The summed E-state index contributed by atoms with van der Waals surface area (Å²) in [5, 5.41) is 5.55. The van der Waals surface area contributed by atoms with Gasteiger partial charge in [0.15, 0.2) is 0 Å². The molecule has 0 unspecified atom stereocenters. The van der Waals surface area contributed by atoms with Crippen molar-refractivity contribution in [3.63, 3.8) is 0 Å². The average molecular weight is 316 g/mol. The number of piperidine rings is 1. The van der Waals surface area contributed by atoms with Crippen molar-refractivity contribution in [3.05, 3.63) is 29.0 Å². The number of hydrogen-bond acceptors (Lipinski definition) is 2. The number of carbonyl (C=O) groups excluding carboxylic acids is 1. The Morgan fingerprint density at radius 2 is 2.14 bits per heavy atom. The standard InChI is InChI=1S/C13H17ClFN3O.C2H6/c1-18-6-2-3-10(8-18)17-13(19)16-9-4-5-12(15)11(14)7-9;1-2/h4-5,7,10H,2-3,6,8H2,1H3,(H2,16,17,19);1-2H3/t10-;/m1./s1. The van der Waals surface area contributed by atoms with Crippen molar-refractivity contribution in [1.82, 2.24) is 10.2 Å². The molecule has 21 heavy (non-hydrogen) atoms. The highest BCUT2D eigenvalue weighted by Gasteiger charge is 2.18. The Balaban J connectivity index is 0.00000106. The molecule has 1 saturated heterocycles. The Kier molecular flexibility index (Phi) is 7.47. The zero-order valence-electron chi connectivity index (χ0n) is 12.7. The molecule has 0 spiro atoms. The molecule has 2 amide bonds. The van der Waals surface area contributed by atoms with Crippen molar-refractivity contribution >= 4 is 23.3 Å². The molecule has 0 aliphatic carbocycles. The first-order valence-electron chi connectivity index (χ1n) is 7.25. The van der Waals surface area contributed by atoms with Crippen molar-refractivity contribution in [2.24, 2.45) is 0 Å². The molecule has 4 nitrogen and oxygen atoms in total. The summed E-state index contributed by atoms with van der Waals surface area (Å²) in [5.41, 5.74) is 0.480. The van der Waals surface area contributed by atoms with Gasteiger partial charge in [-0.2, -0.15) is 0 Å². The summed E-state index contributed by atoms with van der Waals surface area (Å²) < 4.78 is 13.0. The molecule has 1 aromatic carbocycles. The summed E-state index contributed by atoms with van der Waals surface area (Å²) in [6, 6.07) is 3.96. The van der Waals surface area contributed by atoms with Crippen LogP contribution in [0.25, 0.3) is 0 Å². The van der Waals surface area contributed by atoms with Crippen LogP contribution in [0.3, 0.4) is 0 Å². The number of nitrogens with one attached hydrogen (secondary N) is 2. The lowest BCUT2D eigenvalue weighted by Gasteiger charge is -2.30. The van der Waals surface area contributed by atoms with Crippen molar-refractivity contribution in [2.75, 3.05) is 25.5 Å². The van der Waals surface area contributed by atoms with E-state index >= 15 is 0 Å². The van der Waals surface area contributed by atoms with Crippen molar-refractivity contribution in [1.29, 1.82) is 0 Å². The molecule has 6 heteroatoms. The van der Waals surface area contributed by atoms with Gasteiger partial charge in [-0.3, -0.25) is 0 Å². The molecule has 1 atom stereocenters. The van der Waals surface area contributed by atoms with Crippen LogP contribution in [0.1, 0.15) is 26.7 Å². The van der Waals surface area contributed by atoms with Crippen LogP contribution in [0.4, 0.5) is 14.9 Å². The van der Waals surface area contributed by atoms with Gasteiger partial charge in [0, 0.05) is 18.3 Å². The van der Waals surface area contributed by atoms with Crippen molar-refractivity contribution in [2.45, 2.75) is 32.7 Å². The van der Waals surface area contributed by atoms with Crippen LogP contribution in [0.2, 0.25) is 5.02 Å². The number of anilines is 1. The van der Waals surface area contributed by atoms with Gasteiger partial charge in [-0.25, -0.2) is 9.18 Å². The van der Waals surface area contributed by atoms with Gasteiger partial charge < -0.3 is 15.5 Å². The Hall–Kier alpha value is -1.33. The summed E-state index contributed by atoms with van der Waals surface area (Å²) in [6.45, 7) is 5.91. The second kappa shape index (κ2) is 8.85. The summed E-state index contributed by atoms with van der Waals surface area (Å²) in [4.78, 5) is 14.0. The highest BCUT2D eigenvalue weighted by Crippen LogP contribution is 2.19. The minimum absolute atomic E-state index is 0.00444. The van der Waals surface area contributed by atoms with E-state index in [-0.39, 0.29) is 17.1 Å². The molecule has 1 fully saturated rings. The largest absolute Gasteiger partial charge is 0.334 e. The maximum absolute atomic E-state index is 13.0. The van der Waals surface area contributed by atoms with Crippen LogP contribution < -0.4 is 10.6 Å². The highest BCUT2D eigenvalue weighted by molar-refractivity contribution is 6.31. The molecule has 1 aliphatic rings. The van der Waals surface area contributed by atoms with Crippen LogP contribution >= 0.6 is 11.6 Å². The zero-order chi connectivity index (χ0) is 15.8. The van der Waals surface area contributed by atoms with Crippen LogP contribution in [0, 0.1) is 5.82 Å². The maximum Gasteiger partial charge on any atom is 0.319 e. The summed E-state index contributed by atoms with van der Waals surface area (Å²) in [7, 11) is 2.03. The Morgan fingerprint density at radius 1 is 1.43 bits per heavy atom. The molecule has 0 radical (unpaired) electrons. The van der Waals surface area contributed by atoms with E-state index in [0.29, 0.717) is 5.69 Å². The fourth-order valence-electron chi connectivity index (χ4n) is 2.21. The lowest BCUT2D eigenvalue weighted by Crippen LogP contribution is -2.47. The zero-order valence-corrected chi connectivity index (χ0v) is 13.5. The number of urea groups is 1. The Bertz CT molecular complexity index is 470. The van der Waals surface area contributed by atoms with E-state index in [1.165, 1.54) is 18.2 Å². The molecule has 2 rings (SSSR count). The van der Waals surface area contributed by atoms with Gasteiger partial charge in [0.2, 0.25) is 0 Å². The van der Waals surface area contributed by atoms with Crippen molar-refractivity contribution in [3.8, 4) is 0 Å². The van der Waals surface area contributed by atoms with Gasteiger partial charge in [-0.1, -0.05) is 25.4 Å². The molecule has 0 bridgehead atoms. The average Bonchev–Trinajstić information content (AvgIpc) is 2.45. The Labute approximate surface area is 130 Å². The molecule has 0 aromatic heterocycles.